The summed E-state index contributed by atoms with van der Waals surface area (Å²) < 4.78 is 6.64. The summed E-state index contributed by atoms with van der Waals surface area (Å²) in [5.74, 6) is 0.134. The van der Waals surface area contributed by atoms with Gasteiger partial charge in [0.1, 0.15) is 15.6 Å². The number of benzene rings is 3. The number of hydrogen-bond donors (Lipinski definition) is 4. The number of unbranched alkanes of at least 4 members (excludes halogenated alkanes) is 1. The molecule has 42 heavy (non-hydrogen) atoms. The average Bonchev–Trinajstić information content (AvgIpc) is 3.59. The van der Waals surface area contributed by atoms with Crippen molar-refractivity contribution in [3.63, 3.8) is 0 Å². The Morgan fingerprint density at radius 2 is 1.48 bits per heavy atom. The molecule has 2 heterocycles. The van der Waals surface area contributed by atoms with Crippen LogP contribution in [0.3, 0.4) is 0 Å². The van der Waals surface area contributed by atoms with Gasteiger partial charge in [-0.05, 0) is 99.0 Å². The van der Waals surface area contributed by atoms with Crippen LogP contribution >= 0.6 is 22.7 Å². The molecule has 5 rings (SSSR count). The number of thiophene rings is 1. The Balaban J connectivity index is 1.09. The fraction of sp³-hybridized carbons (Fsp3) is 0.250. The van der Waals surface area contributed by atoms with Crippen LogP contribution in [0.5, 0.6) is 5.75 Å². The average molecular weight is 601 g/mol. The largest absolute Gasteiger partial charge is 0.423 e. The number of esters is 1. The van der Waals surface area contributed by atoms with E-state index in [0.29, 0.717) is 11.3 Å². The maximum atomic E-state index is 12.5. The summed E-state index contributed by atoms with van der Waals surface area (Å²) in [5.41, 5.74) is 17.7. The quantitative estimate of drug-likeness (QED) is 0.0572. The number of carbonyl (C=O) groups is 1. The summed E-state index contributed by atoms with van der Waals surface area (Å²) in [7, 11) is 0. The third kappa shape index (κ3) is 7.51. The number of nitrogens with zero attached hydrogens (tertiary/aromatic N) is 2. The number of rotatable bonds is 14. The highest BCUT2D eigenvalue weighted by Gasteiger charge is 2.11. The number of aromatic nitrogens is 1. The van der Waals surface area contributed by atoms with Crippen molar-refractivity contribution in [1.82, 2.24) is 4.98 Å². The van der Waals surface area contributed by atoms with Gasteiger partial charge in [0.25, 0.3) is 0 Å². The number of carbonyl (C=O) groups excluding carboxylic acids is 1. The molecule has 0 aliphatic rings. The van der Waals surface area contributed by atoms with Crippen LogP contribution in [0.15, 0.2) is 78.9 Å². The van der Waals surface area contributed by atoms with Crippen LogP contribution in [-0.4, -0.2) is 24.0 Å². The molecule has 0 amide bonds. The first-order valence-electron chi connectivity index (χ1n) is 14.2. The minimum atomic E-state index is -0.362. The van der Waals surface area contributed by atoms with Gasteiger partial charge in [0.2, 0.25) is 5.13 Å². The zero-order chi connectivity index (χ0) is 29.3. The fourth-order valence-corrected chi connectivity index (χ4v) is 6.34. The topological polar surface area (TPSA) is 90.5 Å². The highest BCUT2D eigenvalue weighted by atomic mass is 32.1. The second kappa shape index (κ2) is 14.1. The van der Waals surface area contributed by atoms with E-state index < -0.39 is 0 Å². The maximum absolute atomic E-state index is 12.5. The number of hydrazine groups is 2. The second-order valence-electron chi connectivity index (χ2n) is 9.73. The molecule has 0 aliphatic heterocycles. The molecule has 0 unspecified atom stereocenters. The standard InChI is InChI=1S/C32H36N6O2S2/c1-4-7-8-22-9-11-23(12-10-22)31(39)40-27-19-15-25(16-20-27)34-36-29-21-28-30(42-29)33-32(41-28)37-35-24-13-17-26(18-14-24)38(5-2)6-3/h9-21,34-36H,4-8H2,1-3H3,(H,33,37). The van der Waals surface area contributed by atoms with Gasteiger partial charge in [0.05, 0.1) is 21.6 Å². The van der Waals surface area contributed by atoms with Gasteiger partial charge in [-0.15, -0.1) is 0 Å². The van der Waals surface area contributed by atoms with Crippen LogP contribution in [0, 0.1) is 0 Å². The number of aryl methyl sites for hydroxylation is 1. The number of nitrogens with one attached hydrogen (secondary N) is 4. The zero-order valence-electron chi connectivity index (χ0n) is 24.1. The summed E-state index contributed by atoms with van der Waals surface area (Å²) in [4.78, 5) is 20.5. The van der Waals surface area contributed by atoms with Crippen molar-refractivity contribution < 1.29 is 9.53 Å². The van der Waals surface area contributed by atoms with E-state index in [1.807, 2.05) is 36.4 Å². The lowest BCUT2D eigenvalue weighted by Gasteiger charge is -2.21. The van der Waals surface area contributed by atoms with Gasteiger partial charge in [0, 0.05) is 18.8 Å². The molecule has 218 valence electrons. The first kappa shape index (κ1) is 29.2. The highest BCUT2D eigenvalue weighted by Crippen LogP contribution is 2.35. The van der Waals surface area contributed by atoms with Gasteiger partial charge in [-0.1, -0.05) is 48.2 Å². The molecule has 0 fully saturated rings. The van der Waals surface area contributed by atoms with Crippen LogP contribution in [0.1, 0.15) is 49.5 Å². The summed E-state index contributed by atoms with van der Waals surface area (Å²) in [6, 6.07) is 25.4. The first-order chi connectivity index (χ1) is 20.5. The highest BCUT2D eigenvalue weighted by molar-refractivity contribution is 7.30. The van der Waals surface area contributed by atoms with E-state index in [0.717, 1.165) is 63.4 Å². The molecular weight excluding hydrogens is 565 g/mol. The second-order valence-corrected chi connectivity index (χ2v) is 11.8. The zero-order valence-corrected chi connectivity index (χ0v) is 25.7. The minimum Gasteiger partial charge on any atom is -0.423 e. The number of fused-ring (bicyclic) bond motifs is 1. The molecule has 5 aromatic rings. The molecule has 0 atom stereocenters. The lowest BCUT2D eigenvalue weighted by Crippen LogP contribution is -2.21. The van der Waals surface area contributed by atoms with Crippen molar-refractivity contribution in [1.29, 1.82) is 0 Å². The predicted octanol–water partition coefficient (Wildman–Crippen LogP) is 8.64. The molecule has 4 N–H and O–H groups in total. The molecule has 0 aliphatic carbocycles. The van der Waals surface area contributed by atoms with Gasteiger partial charge in [0.15, 0.2) is 0 Å². The maximum Gasteiger partial charge on any atom is 0.343 e. The Bertz CT molecular complexity index is 1550. The van der Waals surface area contributed by atoms with Crippen molar-refractivity contribution in [2.45, 2.75) is 40.0 Å². The minimum absolute atomic E-state index is 0.362. The molecule has 2 aromatic heterocycles. The molecule has 0 saturated carbocycles. The van der Waals surface area contributed by atoms with Gasteiger partial charge in [-0.3, -0.25) is 16.3 Å². The lowest BCUT2D eigenvalue weighted by molar-refractivity contribution is 0.0734. The Morgan fingerprint density at radius 3 is 2.12 bits per heavy atom. The smallest absolute Gasteiger partial charge is 0.343 e. The Morgan fingerprint density at radius 1 is 0.810 bits per heavy atom. The van der Waals surface area contributed by atoms with E-state index in [1.54, 1.807) is 34.8 Å². The Kier molecular flexibility index (Phi) is 9.78. The van der Waals surface area contributed by atoms with Crippen LogP contribution in [-0.2, 0) is 6.42 Å². The van der Waals surface area contributed by atoms with Crippen molar-refractivity contribution in [2.75, 3.05) is 39.7 Å². The van der Waals surface area contributed by atoms with Gasteiger partial charge in [-0.25, -0.2) is 9.78 Å². The number of ether oxygens (including phenoxy) is 1. The molecule has 0 saturated heterocycles. The van der Waals surface area contributed by atoms with Crippen molar-refractivity contribution in [3.8, 4) is 5.75 Å². The van der Waals surface area contributed by atoms with Crippen LogP contribution in [0.25, 0.3) is 9.53 Å². The van der Waals surface area contributed by atoms with Crippen LogP contribution < -0.4 is 31.3 Å². The first-order valence-corrected chi connectivity index (χ1v) is 15.9. The van der Waals surface area contributed by atoms with E-state index in [9.17, 15) is 4.79 Å². The normalized spacial score (nSPS) is 10.8. The van der Waals surface area contributed by atoms with Crippen LogP contribution in [0.4, 0.5) is 27.2 Å². The van der Waals surface area contributed by atoms with E-state index in [4.69, 9.17) is 9.72 Å². The predicted molar refractivity (Wildman–Crippen MR) is 178 cm³/mol. The molecule has 8 nitrogen and oxygen atoms in total. The lowest BCUT2D eigenvalue weighted by atomic mass is 10.1. The summed E-state index contributed by atoms with van der Waals surface area (Å²) in [6.45, 7) is 8.47. The summed E-state index contributed by atoms with van der Waals surface area (Å²) >= 11 is 3.15. The number of anilines is 5. The third-order valence-electron chi connectivity index (χ3n) is 6.80. The van der Waals surface area contributed by atoms with E-state index in [2.05, 4.69) is 77.7 Å². The van der Waals surface area contributed by atoms with Gasteiger partial charge in [-0.2, -0.15) is 0 Å². The summed E-state index contributed by atoms with van der Waals surface area (Å²) in [5, 5.41) is 1.76. The van der Waals surface area contributed by atoms with Crippen molar-refractivity contribution in [3.05, 3.63) is 90.0 Å². The Labute approximate surface area is 254 Å². The molecular formula is C32H36N6O2S2. The van der Waals surface area contributed by atoms with Gasteiger partial charge >= 0.3 is 5.97 Å². The van der Waals surface area contributed by atoms with E-state index in [-0.39, 0.29) is 5.97 Å². The molecule has 0 bridgehead atoms. The van der Waals surface area contributed by atoms with Crippen molar-refractivity contribution >= 4 is 65.4 Å². The third-order valence-corrected chi connectivity index (χ3v) is 8.79. The molecule has 0 radical (unpaired) electrons. The monoisotopic (exact) mass is 600 g/mol. The number of thiazole rings is 1. The summed E-state index contributed by atoms with van der Waals surface area (Å²) in [6.07, 6.45) is 3.32. The SMILES string of the molecule is CCCCc1ccc(C(=O)Oc2ccc(NNc3cc4sc(NNc5ccc(N(CC)CC)cc5)nc4s3)cc2)cc1. The van der Waals surface area contributed by atoms with E-state index >= 15 is 0 Å². The molecule has 3 aromatic carbocycles. The van der Waals surface area contributed by atoms with Gasteiger partial charge < -0.3 is 15.1 Å². The number of hydrogen-bond acceptors (Lipinski definition) is 10. The Hall–Kier alpha value is -4.28. The van der Waals surface area contributed by atoms with E-state index in [1.165, 1.54) is 11.3 Å². The van der Waals surface area contributed by atoms with Crippen LogP contribution in [0.2, 0.25) is 0 Å². The fourth-order valence-electron chi connectivity index (χ4n) is 4.41. The molecule has 0 spiro atoms. The molecule has 10 heteroatoms. The van der Waals surface area contributed by atoms with Crippen molar-refractivity contribution in [2.24, 2.45) is 0 Å².